The van der Waals surface area contributed by atoms with Gasteiger partial charge in [0, 0.05) is 11.4 Å². The number of thioether (sulfide) groups is 1. The Bertz CT molecular complexity index is 603. The van der Waals surface area contributed by atoms with Gasteiger partial charge in [0.2, 0.25) is 0 Å². The molecule has 0 aromatic carbocycles. The molecule has 20 heavy (non-hydrogen) atoms. The third-order valence-corrected chi connectivity index (χ3v) is 5.48. The third-order valence-electron chi connectivity index (χ3n) is 4.13. The lowest BCUT2D eigenvalue weighted by Gasteiger charge is -2.12. The maximum absolute atomic E-state index is 10.9. The molecule has 1 fully saturated rings. The van der Waals surface area contributed by atoms with E-state index in [0.29, 0.717) is 5.56 Å². The molecule has 2 aliphatic carbocycles. The molecule has 1 N–H and O–H groups in total. The predicted molar refractivity (Wildman–Crippen MR) is 75.6 cm³/mol. The molecule has 4 nitrogen and oxygen atoms in total. The average Bonchev–Trinajstić information content (AvgIpc) is 3.01. The first-order valence-corrected chi connectivity index (χ1v) is 7.88. The fourth-order valence-corrected chi connectivity index (χ4v) is 4.00. The van der Waals surface area contributed by atoms with Crippen LogP contribution in [0.3, 0.4) is 0 Å². The Balaban J connectivity index is 1.75. The molecule has 1 aromatic heterocycles. The third kappa shape index (κ3) is 2.66. The van der Waals surface area contributed by atoms with Gasteiger partial charge in [-0.1, -0.05) is 0 Å². The molecule has 0 bridgehead atoms. The fraction of sp³-hybridized carbons (Fsp3) is 0.533. The number of aliphatic carboxylic acids is 1. The molecule has 0 atom stereocenters. The van der Waals surface area contributed by atoms with Gasteiger partial charge in [-0.05, 0) is 49.1 Å². The molecule has 0 aliphatic heterocycles. The lowest BCUT2D eigenvalue weighted by atomic mass is 10.1. The number of carboxylic acid groups (broad SMARTS) is 1. The van der Waals surface area contributed by atoms with Crippen LogP contribution >= 0.6 is 11.8 Å². The van der Waals surface area contributed by atoms with Gasteiger partial charge in [-0.3, -0.25) is 4.79 Å². The Morgan fingerprint density at radius 3 is 2.95 bits per heavy atom. The molecule has 104 valence electrons. The number of hydrogen-bond donors (Lipinski definition) is 1. The van der Waals surface area contributed by atoms with Crippen molar-refractivity contribution in [1.82, 2.24) is 4.98 Å². The van der Waals surface area contributed by atoms with Crippen molar-refractivity contribution < 1.29 is 9.90 Å². The summed E-state index contributed by atoms with van der Waals surface area (Å²) in [6.07, 6.45) is 5.30. The summed E-state index contributed by atoms with van der Waals surface area (Å²) >= 11 is 1.55. The van der Waals surface area contributed by atoms with Crippen LogP contribution < -0.4 is 0 Å². The summed E-state index contributed by atoms with van der Waals surface area (Å²) in [5.74, 6) is 0.0188. The van der Waals surface area contributed by atoms with E-state index in [4.69, 9.17) is 5.11 Å². The highest BCUT2D eigenvalue weighted by Crippen LogP contribution is 2.52. The van der Waals surface area contributed by atoms with Gasteiger partial charge in [-0.15, -0.1) is 11.8 Å². The number of aryl methyl sites for hydroxylation is 2. The van der Waals surface area contributed by atoms with Crippen LogP contribution in [0.2, 0.25) is 0 Å². The number of rotatable bonds is 5. The topological polar surface area (TPSA) is 74.0 Å². The minimum atomic E-state index is -0.731. The molecule has 0 spiro atoms. The van der Waals surface area contributed by atoms with Gasteiger partial charge in [0.05, 0.1) is 12.0 Å². The molecule has 0 amide bonds. The maximum atomic E-state index is 10.9. The zero-order valence-electron chi connectivity index (χ0n) is 11.2. The highest BCUT2D eigenvalue weighted by atomic mass is 32.2. The van der Waals surface area contributed by atoms with Gasteiger partial charge in [-0.2, -0.15) is 5.26 Å². The quantitative estimate of drug-likeness (QED) is 0.843. The van der Waals surface area contributed by atoms with E-state index in [1.54, 1.807) is 11.8 Å². The summed E-state index contributed by atoms with van der Waals surface area (Å²) in [6, 6.07) is 4.19. The van der Waals surface area contributed by atoms with E-state index in [0.717, 1.165) is 48.6 Å². The van der Waals surface area contributed by atoms with Crippen molar-refractivity contribution in [3.8, 4) is 6.07 Å². The van der Waals surface area contributed by atoms with Crippen LogP contribution in [-0.2, 0) is 17.6 Å². The standard InChI is InChI=1S/C15H16N2O2S/c16-8-11-6-10-2-1-3-12(10)17-14(11)20-9-15(4-5-15)7-13(18)19/h6H,1-5,7,9H2,(H,18,19). The second kappa shape index (κ2) is 5.10. The second-order valence-electron chi connectivity index (χ2n) is 5.77. The lowest BCUT2D eigenvalue weighted by molar-refractivity contribution is -0.138. The number of nitriles is 1. The molecule has 1 saturated carbocycles. The zero-order chi connectivity index (χ0) is 14.2. The first-order valence-electron chi connectivity index (χ1n) is 6.89. The van der Waals surface area contributed by atoms with Gasteiger partial charge < -0.3 is 5.11 Å². The Labute approximate surface area is 122 Å². The summed E-state index contributed by atoms with van der Waals surface area (Å²) in [5.41, 5.74) is 2.90. The average molecular weight is 288 g/mol. The molecule has 0 radical (unpaired) electrons. The Hall–Kier alpha value is -1.54. The fourth-order valence-electron chi connectivity index (χ4n) is 2.73. The van der Waals surface area contributed by atoms with Crippen molar-refractivity contribution in [2.24, 2.45) is 5.41 Å². The Morgan fingerprint density at radius 1 is 1.50 bits per heavy atom. The monoisotopic (exact) mass is 288 g/mol. The number of aromatic nitrogens is 1. The molecule has 1 heterocycles. The lowest BCUT2D eigenvalue weighted by Crippen LogP contribution is -2.11. The molecule has 5 heteroatoms. The number of nitrogens with zero attached hydrogens (tertiary/aromatic N) is 2. The minimum absolute atomic E-state index is 0.0656. The van der Waals surface area contributed by atoms with Crippen LogP contribution in [0, 0.1) is 16.7 Å². The second-order valence-corrected chi connectivity index (χ2v) is 6.74. The molecule has 3 rings (SSSR count). The normalized spacial score (nSPS) is 18.4. The number of pyridine rings is 1. The van der Waals surface area contributed by atoms with Crippen molar-refractivity contribution in [1.29, 1.82) is 5.26 Å². The summed E-state index contributed by atoms with van der Waals surface area (Å²) < 4.78 is 0. The number of carbonyl (C=O) groups is 1. The van der Waals surface area contributed by atoms with Crippen LogP contribution in [0.25, 0.3) is 0 Å². The van der Waals surface area contributed by atoms with E-state index in [-0.39, 0.29) is 11.8 Å². The van der Waals surface area contributed by atoms with Crippen LogP contribution in [0.5, 0.6) is 0 Å². The van der Waals surface area contributed by atoms with Crippen molar-refractivity contribution in [3.05, 3.63) is 22.9 Å². The Kier molecular flexibility index (Phi) is 3.43. The van der Waals surface area contributed by atoms with Crippen molar-refractivity contribution in [2.45, 2.75) is 43.6 Å². The van der Waals surface area contributed by atoms with Crippen molar-refractivity contribution in [2.75, 3.05) is 5.75 Å². The molecule has 1 aromatic rings. The number of fused-ring (bicyclic) bond motifs is 1. The van der Waals surface area contributed by atoms with Gasteiger partial charge >= 0.3 is 5.97 Å². The predicted octanol–water partition coefficient (Wildman–Crippen LogP) is 2.79. The van der Waals surface area contributed by atoms with E-state index in [1.807, 2.05) is 6.07 Å². The van der Waals surface area contributed by atoms with Gasteiger partial charge in [0.1, 0.15) is 11.1 Å². The van der Waals surface area contributed by atoms with Crippen LogP contribution in [-0.4, -0.2) is 21.8 Å². The summed E-state index contributed by atoms with van der Waals surface area (Å²) in [4.78, 5) is 15.5. The maximum Gasteiger partial charge on any atom is 0.303 e. The van der Waals surface area contributed by atoms with Gasteiger partial charge in [-0.25, -0.2) is 4.98 Å². The van der Waals surface area contributed by atoms with Crippen molar-refractivity contribution >= 4 is 17.7 Å². The number of hydrogen-bond acceptors (Lipinski definition) is 4. The molecular formula is C15H16N2O2S. The molecular weight excluding hydrogens is 272 g/mol. The summed E-state index contributed by atoms with van der Waals surface area (Å²) in [5, 5.41) is 19.0. The first kappa shape index (κ1) is 13.4. The van der Waals surface area contributed by atoms with Gasteiger partial charge in [0.25, 0.3) is 0 Å². The molecule has 0 saturated heterocycles. The van der Waals surface area contributed by atoms with E-state index >= 15 is 0 Å². The highest BCUT2D eigenvalue weighted by Gasteiger charge is 2.44. The minimum Gasteiger partial charge on any atom is -0.481 e. The van der Waals surface area contributed by atoms with Crippen molar-refractivity contribution in [3.63, 3.8) is 0 Å². The van der Waals surface area contributed by atoms with Crippen LogP contribution in [0.4, 0.5) is 0 Å². The zero-order valence-corrected chi connectivity index (χ0v) is 12.0. The van der Waals surface area contributed by atoms with E-state index in [1.165, 1.54) is 5.56 Å². The van der Waals surface area contributed by atoms with E-state index in [2.05, 4.69) is 11.1 Å². The number of carboxylic acids is 1. The van der Waals surface area contributed by atoms with E-state index < -0.39 is 5.97 Å². The highest BCUT2D eigenvalue weighted by molar-refractivity contribution is 7.99. The first-order chi connectivity index (χ1) is 9.62. The largest absolute Gasteiger partial charge is 0.481 e. The Morgan fingerprint density at radius 2 is 2.30 bits per heavy atom. The molecule has 2 aliphatic rings. The smallest absolute Gasteiger partial charge is 0.303 e. The van der Waals surface area contributed by atoms with Gasteiger partial charge in [0.15, 0.2) is 0 Å². The summed E-state index contributed by atoms with van der Waals surface area (Å²) in [7, 11) is 0. The molecule has 0 unspecified atom stereocenters. The SMILES string of the molecule is N#Cc1cc2c(nc1SCC1(CC(=O)O)CC1)CCC2. The van der Waals surface area contributed by atoms with Crippen LogP contribution in [0.15, 0.2) is 11.1 Å². The van der Waals surface area contributed by atoms with E-state index in [9.17, 15) is 10.1 Å². The summed E-state index contributed by atoms with van der Waals surface area (Å²) in [6.45, 7) is 0. The van der Waals surface area contributed by atoms with Crippen LogP contribution in [0.1, 0.15) is 42.5 Å².